The topological polar surface area (TPSA) is 151 Å². The molecule has 0 aliphatic carbocycles. The lowest BCUT2D eigenvalue weighted by Gasteiger charge is -2.23. The third-order valence-electron chi connectivity index (χ3n) is 3.85. The number of hydrogen-bond acceptors (Lipinski definition) is 7. The van der Waals surface area contributed by atoms with Gasteiger partial charge >= 0.3 is 5.97 Å². The van der Waals surface area contributed by atoms with Crippen LogP contribution < -0.4 is 21.7 Å². The van der Waals surface area contributed by atoms with E-state index in [-0.39, 0.29) is 11.7 Å². The Hall–Kier alpha value is -1.46. The van der Waals surface area contributed by atoms with Crippen LogP contribution in [0.4, 0.5) is 0 Å². The number of carboxylic acids is 1. The lowest BCUT2D eigenvalue weighted by atomic mass is 10.0. The van der Waals surface area contributed by atoms with Gasteiger partial charge in [0.2, 0.25) is 17.7 Å². The van der Waals surface area contributed by atoms with E-state index in [4.69, 9.17) is 10.8 Å². The fourth-order valence-electron chi connectivity index (χ4n) is 2.26. The molecular formula is C17H32N4O5S2. The minimum absolute atomic E-state index is 0.0815. The molecule has 0 fully saturated rings. The van der Waals surface area contributed by atoms with Crippen molar-refractivity contribution in [3.8, 4) is 0 Å². The van der Waals surface area contributed by atoms with Gasteiger partial charge in [-0.05, 0) is 37.7 Å². The molecule has 0 spiro atoms. The van der Waals surface area contributed by atoms with E-state index in [2.05, 4.69) is 28.6 Å². The second-order valence-electron chi connectivity index (χ2n) is 6.89. The molecule has 4 unspecified atom stereocenters. The molecule has 0 aliphatic heterocycles. The maximum absolute atomic E-state index is 12.5. The monoisotopic (exact) mass is 436 g/mol. The lowest BCUT2D eigenvalue weighted by Crippen LogP contribution is -2.56. The van der Waals surface area contributed by atoms with E-state index in [1.54, 1.807) is 0 Å². The van der Waals surface area contributed by atoms with Crippen LogP contribution >= 0.6 is 24.4 Å². The Morgan fingerprint density at radius 2 is 1.57 bits per heavy atom. The maximum Gasteiger partial charge on any atom is 0.327 e. The van der Waals surface area contributed by atoms with Crippen LogP contribution in [0.25, 0.3) is 0 Å². The van der Waals surface area contributed by atoms with Gasteiger partial charge in [-0.3, -0.25) is 14.4 Å². The van der Waals surface area contributed by atoms with Crippen LogP contribution in [-0.2, 0) is 19.2 Å². The number of aliphatic carboxylic acids is 1. The average Bonchev–Trinajstić information content (AvgIpc) is 2.61. The van der Waals surface area contributed by atoms with Crippen LogP contribution in [0.2, 0.25) is 0 Å². The Morgan fingerprint density at radius 3 is 2.04 bits per heavy atom. The summed E-state index contributed by atoms with van der Waals surface area (Å²) in [6, 6.07) is -3.70. The summed E-state index contributed by atoms with van der Waals surface area (Å²) in [6.07, 6.45) is 2.73. The zero-order chi connectivity index (χ0) is 21.9. The van der Waals surface area contributed by atoms with Gasteiger partial charge in [0, 0.05) is 5.75 Å². The first-order chi connectivity index (χ1) is 13.0. The molecule has 0 saturated heterocycles. The fourth-order valence-corrected chi connectivity index (χ4v) is 2.98. The zero-order valence-electron chi connectivity index (χ0n) is 16.7. The molecule has 6 N–H and O–H groups in total. The van der Waals surface area contributed by atoms with E-state index in [1.807, 2.05) is 20.1 Å². The first-order valence-corrected chi connectivity index (χ1v) is 11.0. The molecule has 0 aliphatic rings. The predicted molar refractivity (Wildman–Crippen MR) is 113 cm³/mol. The molecule has 11 heteroatoms. The number of amides is 3. The van der Waals surface area contributed by atoms with Gasteiger partial charge < -0.3 is 26.8 Å². The number of carboxylic acid groups (broad SMARTS) is 1. The quantitative estimate of drug-likeness (QED) is 0.215. The van der Waals surface area contributed by atoms with Crippen molar-refractivity contribution in [3.05, 3.63) is 0 Å². The zero-order valence-corrected chi connectivity index (χ0v) is 18.4. The van der Waals surface area contributed by atoms with Crippen LogP contribution in [-0.4, -0.2) is 70.7 Å². The number of nitrogens with one attached hydrogen (secondary N) is 3. The van der Waals surface area contributed by atoms with Crippen LogP contribution in [0.15, 0.2) is 0 Å². The number of thioether (sulfide) groups is 1. The molecule has 0 aromatic heterocycles. The number of carbonyl (C=O) groups is 4. The largest absolute Gasteiger partial charge is 0.480 e. The highest BCUT2D eigenvalue weighted by molar-refractivity contribution is 7.98. The average molecular weight is 437 g/mol. The van der Waals surface area contributed by atoms with Crippen LogP contribution in [0, 0.1) is 5.92 Å². The molecule has 3 amide bonds. The van der Waals surface area contributed by atoms with Gasteiger partial charge in [0.1, 0.15) is 18.1 Å². The first-order valence-electron chi connectivity index (χ1n) is 9.02. The van der Waals surface area contributed by atoms with Gasteiger partial charge in [-0.1, -0.05) is 13.8 Å². The van der Waals surface area contributed by atoms with E-state index >= 15 is 0 Å². The first kappa shape index (κ1) is 26.5. The molecule has 9 nitrogen and oxygen atoms in total. The van der Waals surface area contributed by atoms with E-state index < -0.39 is 47.9 Å². The Morgan fingerprint density at radius 1 is 1.00 bits per heavy atom. The van der Waals surface area contributed by atoms with E-state index in [0.29, 0.717) is 18.6 Å². The number of hydrogen-bond donors (Lipinski definition) is 6. The van der Waals surface area contributed by atoms with Crippen molar-refractivity contribution in [2.24, 2.45) is 11.7 Å². The van der Waals surface area contributed by atoms with Crippen molar-refractivity contribution in [1.82, 2.24) is 16.0 Å². The Bertz CT molecular complexity index is 548. The molecule has 0 rings (SSSR count). The second kappa shape index (κ2) is 13.7. The standard InChI is InChI=1S/C17H32N4O5S2/c1-9(2)7-11(18)15(23)20-12(5-6-28-4)16(24)19-10(3)14(22)21-13(8-27)17(25)26/h9-13,27H,5-8,18H2,1-4H3,(H,19,24)(H,20,23)(H,21,22)(H,25,26). The summed E-state index contributed by atoms with van der Waals surface area (Å²) in [5, 5.41) is 16.4. The molecule has 0 aromatic rings. The van der Waals surface area contributed by atoms with Crippen molar-refractivity contribution >= 4 is 48.1 Å². The maximum atomic E-state index is 12.5. The molecule has 0 saturated carbocycles. The molecule has 28 heavy (non-hydrogen) atoms. The third-order valence-corrected chi connectivity index (χ3v) is 4.86. The van der Waals surface area contributed by atoms with E-state index in [9.17, 15) is 19.2 Å². The minimum atomic E-state index is -1.22. The molecule has 0 heterocycles. The Labute approximate surface area is 175 Å². The lowest BCUT2D eigenvalue weighted by molar-refractivity contribution is -0.141. The molecule has 0 aromatic carbocycles. The van der Waals surface area contributed by atoms with E-state index in [1.165, 1.54) is 18.7 Å². The minimum Gasteiger partial charge on any atom is -0.480 e. The van der Waals surface area contributed by atoms with Crippen LogP contribution in [0.5, 0.6) is 0 Å². The van der Waals surface area contributed by atoms with Gasteiger partial charge in [0.05, 0.1) is 6.04 Å². The molecule has 4 atom stereocenters. The van der Waals surface area contributed by atoms with Crippen LogP contribution in [0.1, 0.15) is 33.6 Å². The van der Waals surface area contributed by atoms with Crippen molar-refractivity contribution in [1.29, 1.82) is 0 Å². The van der Waals surface area contributed by atoms with Gasteiger partial charge in [-0.2, -0.15) is 24.4 Å². The van der Waals surface area contributed by atoms with Gasteiger partial charge in [-0.25, -0.2) is 4.79 Å². The van der Waals surface area contributed by atoms with Gasteiger partial charge in [0.15, 0.2) is 0 Å². The highest BCUT2D eigenvalue weighted by Gasteiger charge is 2.27. The molecule has 162 valence electrons. The number of thiol groups is 1. The number of rotatable bonds is 13. The highest BCUT2D eigenvalue weighted by atomic mass is 32.2. The predicted octanol–water partition coefficient (Wildman–Crippen LogP) is -0.398. The summed E-state index contributed by atoms with van der Waals surface area (Å²) in [7, 11) is 0. The van der Waals surface area contributed by atoms with Crippen molar-refractivity contribution in [3.63, 3.8) is 0 Å². The summed E-state index contributed by atoms with van der Waals surface area (Å²) < 4.78 is 0. The Balaban J connectivity index is 4.93. The van der Waals surface area contributed by atoms with Crippen molar-refractivity contribution in [2.75, 3.05) is 17.8 Å². The summed E-state index contributed by atoms with van der Waals surface area (Å²) >= 11 is 5.39. The van der Waals surface area contributed by atoms with Gasteiger partial charge in [0.25, 0.3) is 0 Å². The third kappa shape index (κ3) is 10.2. The van der Waals surface area contributed by atoms with Crippen molar-refractivity contribution in [2.45, 2.75) is 57.8 Å². The number of carbonyl (C=O) groups excluding carboxylic acids is 3. The molecule has 0 bridgehead atoms. The number of nitrogens with two attached hydrogens (primary N) is 1. The summed E-state index contributed by atoms with van der Waals surface area (Å²) in [5.74, 6) is -2.04. The summed E-state index contributed by atoms with van der Waals surface area (Å²) in [5.41, 5.74) is 5.87. The van der Waals surface area contributed by atoms with Crippen molar-refractivity contribution < 1.29 is 24.3 Å². The molecular weight excluding hydrogens is 404 g/mol. The Kier molecular flexibility index (Phi) is 13.0. The van der Waals surface area contributed by atoms with E-state index in [0.717, 1.165) is 0 Å². The normalized spacial score (nSPS) is 15.2. The smallest absolute Gasteiger partial charge is 0.327 e. The highest BCUT2D eigenvalue weighted by Crippen LogP contribution is 2.06. The van der Waals surface area contributed by atoms with Gasteiger partial charge in [-0.15, -0.1) is 0 Å². The van der Waals surface area contributed by atoms with Crippen LogP contribution in [0.3, 0.4) is 0 Å². The summed E-state index contributed by atoms with van der Waals surface area (Å²) in [4.78, 5) is 47.9. The second-order valence-corrected chi connectivity index (χ2v) is 8.24. The summed E-state index contributed by atoms with van der Waals surface area (Å²) in [6.45, 7) is 5.32. The SMILES string of the molecule is CSCCC(NC(=O)C(N)CC(C)C)C(=O)NC(C)C(=O)NC(CS)C(=O)O. The molecule has 0 radical (unpaired) electrons. The fraction of sp³-hybridized carbons (Fsp3) is 0.765.